The fourth-order valence-electron chi connectivity index (χ4n) is 0.995. The van der Waals surface area contributed by atoms with E-state index in [-0.39, 0.29) is 0 Å². The summed E-state index contributed by atoms with van der Waals surface area (Å²) in [4.78, 5) is 13.5. The lowest BCUT2D eigenvalue weighted by atomic mass is 10.2. The molecule has 72 valence electrons. The molecule has 1 aromatic rings. The van der Waals surface area contributed by atoms with E-state index >= 15 is 0 Å². The predicted molar refractivity (Wildman–Crippen MR) is 61.7 cm³/mol. The molecule has 0 aliphatic carbocycles. The van der Waals surface area contributed by atoms with Gasteiger partial charge in [0.25, 0.3) is 0 Å². The van der Waals surface area contributed by atoms with Crippen molar-refractivity contribution in [3.05, 3.63) is 35.9 Å². The number of allylic oxidation sites excluding steroid dienone is 1. The lowest BCUT2D eigenvalue weighted by Crippen LogP contribution is -1.71. The van der Waals surface area contributed by atoms with Crippen molar-refractivity contribution in [1.29, 1.82) is 0 Å². The SMILES string of the molecule is O=C=Nc1ccc(C=CCCBr)cc1. The summed E-state index contributed by atoms with van der Waals surface area (Å²) in [5, 5.41) is 0.969. The third kappa shape index (κ3) is 3.69. The number of isocyanates is 1. The van der Waals surface area contributed by atoms with Crippen molar-refractivity contribution in [2.75, 3.05) is 5.33 Å². The van der Waals surface area contributed by atoms with Crippen LogP contribution in [0.25, 0.3) is 6.08 Å². The Morgan fingerprint density at radius 2 is 2.07 bits per heavy atom. The summed E-state index contributed by atoms with van der Waals surface area (Å²) in [6.45, 7) is 0. The van der Waals surface area contributed by atoms with Crippen molar-refractivity contribution in [2.24, 2.45) is 4.99 Å². The van der Waals surface area contributed by atoms with Gasteiger partial charge in [0.2, 0.25) is 6.08 Å². The third-order valence-electron chi connectivity index (χ3n) is 1.65. The minimum absolute atomic E-state index is 0.637. The van der Waals surface area contributed by atoms with Gasteiger partial charge in [-0.05, 0) is 24.1 Å². The average Bonchev–Trinajstić information content (AvgIpc) is 2.21. The molecule has 0 bridgehead atoms. The number of hydrogen-bond acceptors (Lipinski definition) is 2. The predicted octanol–water partition coefficient (Wildman–Crippen LogP) is 3.45. The Labute approximate surface area is 91.5 Å². The highest BCUT2D eigenvalue weighted by Crippen LogP contribution is 2.13. The summed E-state index contributed by atoms with van der Waals surface area (Å²) in [5.41, 5.74) is 1.74. The van der Waals surface area contributed by atoms with Gasteiger partial charge < -0.3 is 0 Å². The lowest BCUT2D eigenvalue weighted by molar-refractivity contribution is 0.565. The normalized spacial score (nSPS) is 10.1. The van der Waals surface area contributed by atoms with Gasteiger partial charge in [-0.25, -0.2) is 4.79 Å². The van der Waals surface area contributed by atoms with Crippen LogP contribution in [-0.4, -0.2) is 11.4 Å². The van der Waals surface area contributed by atoms with E-state index < -0.39 is 0 Å². The molecule has 0 N–H and O–H groups in total. The number of alkyl halides is 1. The summed E-state index contributed by atoms with van der Waals surface area (Å²) in [6.07, 6.45) is 6.64. The first-order valence-electron chi connectivity index (χ1n) is 4.27. The number of carbonyl (C=O) groups excluding carboxylic acids is 1. The van der Waals surface area contributed by atoms with Crippen molar-refractivity contribution < 1.29 is 4.79 Å². The van der Waals surface area contributed by atoms with Crippen molar-refractivity contribution in [2.45, 2.75) is 6.42 Å². The molecule has 0 spiro atoms. The topological polar surface area (TPSA) is 29.4 Å². The first-order valence-corrected chi connectivity index (χ1v) is 5.39. The Bertz CT molecular complexity index is 350. The molecule has 1 rings (SSSR count). The fourth-order valence-corrected chi connectivity index (χ4v) is 1.26. The van der Waals surface area contributed by atoms with Crippen molar-refractivity contribution in [3.8, 4) is 0 Å². The second kappa shape index (κ2) is 6.30. The zero-order valence-corrected chi connectivity index (χ0v) is 9.20. The second-order valence-corrected chi connectivity index (χ2v) is 3.47. The quantitative estimate of drug-likeness (QED) is 0.458. The standard InChI is InChI=1S/C11H10BrNO/c12-8-2-1-3-10-4-6-11(7-5-10)13-9-14/h1,3-7H,2,8H2. The highest BCUT2D eigenvalue weighted by Gasteiger charge is 1.88. The van der Waals surface area contributed by atoms with Crippen LogP contribution in [0.4, 0.5) is 5.69 Å². The molecule has 0 saturated carbocycles. The van der Waals surface area contributed by atoms with Gasteiger partial charge in [0.15, 0.2) is 0 Å². The van der Waals surface area contributed by atoms with Gasteiger partial charge in [-0.2, -0.15) is 4.99 Å². The molecule has 0 amide bonds. The summed E-state index contributed by atoms with van der Waals surface area (Å²) < 4.78 is 0. The van der Waals surface area contributed by atoms with Crippen LogP contribution in [-0.2, 0) is 4.79 Å². The fraction of sp³-hybridized carbons (Fsp3) is 0.182. The van der Waals surface area contributed by atoms with Crippen LogP contribution in [0.5, 0.6) is 0 Å². The number of benzene rings is 1. The van der Waals surface area contributed by atoms with E-state index in [0.29, 0.717) is 5.69 Å². The summed E-state index contributed by atoms with van der Waals surface area (Å²) in [7, 11) is 0. The Morgan fingerprint density at radius 3 is 2.64 bits per heavy atom. The van der Waals surface area contributed by atoms with Crippen LogP contribution in [0.2, 0.25) is 0 Å². The Kier molecular flexibility index (Phi) is 4.90. The van der Waals surface area contributed by atoms with Gasteiger partial charge in [-0.15, -0.1) is 0 Å². The van der Waals surface area contributed by atoms with E-state index in [4.69, 9.17) is 0 Å². The Hall–Kier alpha value is -1.18. The van der Waals surface area contributed by atoms with Gasteiger partial charge in [0, 0.05) is 5.33 Å². The molecule has 3 heteroatoms. The first-order chi connectivity index (χ1) is 6.86. The Morgan fingerprint density at radius 1 is 1.36 bits per heavy atom. The third-order valence-corrected chi connectivity index (χ3v) is 2.11. The van der Waals surface area contributed by atoms with Gasteiger partial charge in [0.1, 0.15) is 0 Å². The molecule has 0 atom stereocenters. The second-order valence-electron chi connectivity index (χ2n) is 2.67. The zero-order chi connectivity index (χ0) is 10.2. The highest BCUT2D eigenvalue weighted by molar-refractivity contribution is 9.09. The first kappa shape index (κ1) is 10.9. The summed E-state index contributed by atoms with van der Waals surface area (Å²) >= 11 is 3.35. The van der Waals surface area contributed by atoms with Crippen LogP contribution < -0.4 is 0 Å². The zero-order valence-electron chi connectivity index (χ0n) is 7.61. The molecule has 0 heterocycles. The van der Waals surface area contributed by atoms with Crippen LogP contribution >= 0.6 is 15.9 Å². The van der Waals surface area contributed by atoms with E-state index in [1.54, 1.807) is 12.1 Å². The molecule has 1 aromatic carbocycles. The van der Waals surface area contributed by atoms with E-state index in [1.807, 2.05) is 18.2 Å². The smallest absolute Gasteiger partial charge is 0.211 e. The molecule has 0 unspecified atom stereocenters. The number of nitrogens with zero attached hydrogens (tertiary/aromatic N) is 1. The number of halogens is 1. The molecular formula is C11H10BrNO. The van der Waals surface area contributed by atoms with Crippen LogP contribution in [0.3, 0.4) is 0 Å². The van der Waals surface area contributed by atoms with Gasteiger partial charge >= 0.3 is 0 Å². The maximum atomic E-state index is 9.96. The Balaban J connectivity index is 2.68. The van der Waals surface area contributed by atoms with Gasteiger partial charge in [-0.3, -0.25) is 0 Å². The average molecular weight is 252 g/mol. The molecule has 0 saturated heterocycles. The molecule has 0 aromatic heterocycles. The summed E-state index contributed by atoms with van der Waals surface area (Å²) in [5.74, 6) is 0. The van der Waals surface area contributed by atoms with Gasteiger partial charge in [-0.1, -0.05) is 40.2 Å². The highest BCUT2D eigenvalue weighted by atomic mass is 79.9. The van der Waals surface area contributed by atoms with Crippen LogP contribution in [0.1, 0.15) is 12.0 Å². The van der Waals surface area contributed by atoms with E-state index in [9.17, 15) is 4.79 Å². The van der Waals surface area contributed by atoms with Crippen molar-refractivity contribution >= 4 is 33.8 Å². The number of rotatable bonds is 4. The maximum absolute atomic E-state index is 9.96. The molecular weight excluding hydrogens is 242 g/mol. The molecule has 0 aliphatic heterocycles. The number of hydrogen-bond donors (Lipinski definition) is 0. The molecule has 14 heavy (non-hydrogen) atoms. The largest absolute Gasteiger partial charge is 0.240 e. The maximum Gasteiger partial charge on any atom is 0.240 e. The van der Waals surface area contributed by atoms with E-state index in [1.165, 1.54) is 6.08 Å². The van der Waals surface area contributed by atoms with Crippen molar-refractivity contribution in [3.63, 3.8) is 0 Å². The van der Waals surface area contributed by atoms with Crippen LogP contribution in [0.15, 0.2) is 35.3 Å². The van der Waals surface area contributed by atoms with Crippen LogP contribution in [0, 0.1) is 0 Å². The minimum Gasteiger partial charge on any atom is -0.211 e. The van der Waals surface area contributed by atoms with Gasteiger partial charge in [0.05, 0.1) is 5.69 Å². The minimum atomic E-state index is 0.637. The summed E-state index contributed by atoms with van der Waals surface area (Å²) in [6, 6.07) is 7.42. The molecule has 2 nitrogen and oxygen atoms in total. The van der Waals surface area contributed by atoms with Crippen molar-refractivity contribution in [1.82, 2.24) is 0 Å². The van der Waals surface area contributed by atoms with E-state index in [2.05, 4.69) is 27.0 Å². The monoisotopic (exact) mass is 251 g/mol. The molecule has 0 radical (unpaired) electrons. The lowest BCUT2D eigenvalue weighted by Gasteiger charge is -1.93. The number of aliphatic imine (C=N–C) groups is 1. The molecule has 0 aliphatic rings. The molecule has 0 fully saturated rings. The van der Waals surface area contributed by atoms with E-state index in [0.717, 1.165) is 17.3 Å².